The van der Waals surface area contributed by atoms with Crippen LogP contribution in [-0.4, -0.2) is 36.9 Å². The third-order valence-electron chi connectivity index (χ3n) is 7.18. The van der Waals surface area contributed by atoms with E-state index in [1.165, 1.54) is 4.90 Å². The van der Waals surface area contributed by atoms with Crippen LogP contribution in [0.3, 0.4) is 0 Å². The number of anilines is 2. The number of rotatable bonds is 7. The van der Waals surface area contributed by atoms with Gasteiger partial charge in [-0.1, -0.05) is 24.3 Å². The molecule has 5 rings (SSSR count). The molecule has 0 bridgehead atoms. The third-order valence-corrected chi connectivity index (χ3v) is 7.18. The van der Waals surface area contributed by atoms with Crippen LogP contribution < -0.4 is 24.8 Å². The van der Waals surface area contributed by atoms with Gasteiger partial charge in [-0.25, -0.2) is 0 Å². The van der Waals surface area contributed by atoms with E-state index in [0.29, 0.717) is 46.1 Å². The molecule has 2 heterocycles. The number of nitrogens with zero attached hydrogens (tertiary/aromatic N) is 2. The van der Waals surface area contributed by atoms with E-state index in [-0.39, 0.29) is 24.5 Å². The van der Waals surface area contributed by atoms with Gasteiger partial charge in [-0.3, -0.25) is 19.5 Å². The largest absolute Gasteiger partial charge is 0.550 e. The molecule has 0 saturated heterocycles. The summed E-state index contributed by atoms with van der Waals surface area (Å²) >= 11 is 0. The van der Waals surface area contributed by atoms with Crippen molar-refractivity contribution in [2.45, 2.75) is 37.6 Å². The number of pyridine rings is 1. The summed E-state index contributed by atoms with van der Waals surface area (Å²) < 4.78 is 10.9. The second-order valence-electron chi connectivity index (χ2n) is 9.50. The second kappa shape index (κ2) is 11.0. The molecule has 1 amide bonds. The smallest absolute Gasteiger partial charge is 0.228 e. The minimum Gasteiger partial charge on any atom is -0.550 e. The van der Waals surface area contributed by atoms with Crippen LogP contribution in [0.4, 0.5) is 11.4 Å². The molecule has 9 nitrogen and oxygen atoms in total. The van der Waals surface area contributed by atoms with Crippen molar-refractivity contribution < 1.29 is 29.0 Å². The lowest BCUT2D eigenvalue weighted by molar-refractivity contribution is -0.305. The Morgan fingerprint density at radius 1 is 1.00 bits per heavy atom. The first kappa shape index (κ1) is 26.0. The van der Waals surface area contributed by atoms with Gasteiger partial charge in [0, 0.05) is 42.5 Å². The number of carbonyl (C=O) groups is 3. The predicted octanol–water partition coefficient (Wildman–Crippen LogP) is 3.53. The Labute approximate surface area is 226 Å². The number of aromatic nitrogens is 1. The molecule has 1 aromatic heterocycles. The summed E-state index contributed by atoms with van der Waals surface area (Å²) in [6, 6.07) is 15.7. The first-order chi connectivity index (χ1) is 18.9. The van der Waals surface area contributed by atoms with Crippen LogP contribution in [0.5, 0.6) is 11.5 Å². The summed E-state index contributed by atoms with van der Waals surface area (Å²) in [5, 5.41) is 14.7. The van der Waals surface area contributed by atoms with Crippen LogP contribution in [-0.2, 0) is 14.4 Å². The molecule has 200 valence electrons. The van der Waals surface area contributed by atoms with E-state index in [1.54, 1.807) is 44.8 Å². The van der Waals surface area contributed by atoms with Gasteiger partial charge in [-0.15, -0.1) is 0 Å². The molecule has 2 aromatic carbocycles. The van der Waals surface area contributed by atoms with Crippen molar-refractivity contribution in [3.8, 4) is 11.5 Å². The highest BCUT2D eigenvalue weighted by molar-refractivity contribution is 6.06. The lowest BCUT2D eigenvalue weighted by Gasteiger charge is -2.35. The maximum atomic E-state index is 14.0. The molecular formula is C30H28N3O6-. The van der Waals surface area contributed by atoms with Crippen molar-refractivity contribution in [2.75, 3.05) is 24.4 Å². The standard InChI is InChI=1S/C30H29N3O6/c1-38-25-10-9-18(16-26(25)39-2)20-14-22-29(24(34)15-20)30(19-6-5-13-31-17-19)33(27(35)11-12-28(36)37)23-8-4-3-7-21(23)32-22/h3-10,13,16-17,20,30,32H,11-12,14-15H2,1-2H3,(H,36,37)/p-1/t20-,30-/m1/s1. The van der Waals surface area contributed by atoms with Gasteiger partial charge < -0.3 is 24.7 Å². The molecule has 2 atom stereocenters. The normalized spacial score (nSPS) is 18.4. The van der Waals surface area contributed by atoms with Crippen LogP contribution >= 0.6 is 0 Å². The molecule has 0 unspecified atom stereocenters. The molecule has 0 radical (unpaired) electrons. The number of fused-ring (bicyclic) bond motifs is 1. The Kier molecular flexibility index (Phi) is 7.31. The van der Waals surface area contributed by atoms with Crippen LogP contribution in [0, 0.1) is 0 Å². The van der Waals surface area contributed by atoms with E-state index in [9.17, 15) is 19.5 Å². The van der Waals surface area contributed by atoms with Gasteiger partial charge in [0.15, 0.2) is 17.3 Å². The number of carboxylic acid groups (broad SMARTS) is 1. The average Bonchev–Trinajstić information content (AvgIpc) is 3.10. The first-order valence-electron chi connectivity index (χ1n) is 12.7. The van der Waals surface area contributed by atoms with Crippen LogP contribution in [0.25, 0.3) is 0 Å². The van der Waals surface area contributed by atoms with E-state index in [1.807, 2.05) is 36.4 Å². The van der Waals surface area contributed by atoms with Gasteiger partial charge in [0.05, 0.1) is 31.6 Å². The summed E-state index contributed by atoms with van der Waals surface area (Å²) in [5.74, 6) is -0.792. The van der Waals surface area contributed by atoms with E-state index in [2.05, 4.69) is 10.3 Å². The summed E-state index contributed by atoms with van der Waals surface area (Å²) in [6.45, 7) is 0. The number of carbonyl (C=O) groups excluding carboxylic acids is 3. The fraction of sp³-hybridized carbons (Fsp3) is 0.267. The number of nitrogens with one attached hydrogen (secondary N) is 1. The lowest BCUT2D eigenvalue weighted by atomic mass is 9.78. The molecule has 3 aromatic rings. The fourth-order valence-electron chi connectivity index (χ4n) is 5.39. The van der Waals surface area contributed by atoms with Gasteiger partial charge in [0.25, 0.3) is 0 Å². The minimum absolute atomic E-state index is 0.108. The van der Waals surface area contributed by atoms with Gasteiger partial charge >= 0.3 is 0 Å². The van der Waals surface area contributed by atoms with Gasteiger partial charge in [-0.2, -0.15) is 0 Å². The van der Waals surface area contributed by atoms with Crippen molar-refractivity contribution >= 4 is 29.0 Å². The van der Waals surface area contributed by atoms with E-state index >= 15 is 0 Å². The quantitative estimate of drug-likeness (QED) is 0.496. The number of ether oxygens (including phenoxy) is 2. The maximum Gasteiger partial charge on any atom is 0.228 e. The number of ketones is 1. The average molecular weight is 527 g/mol. The predicted molar refractivity (Wildman–Crippen MR) is 142 cm³/mol. The summed E-state index contributed by atoms with van der Waals surface area (Å²) in [4.78, 5) is 44.6. The number of hydrogen-bond donors (Lipinski definition) is 1. The molecule has 9 heteroatoms. The van der Waals surface area contributed by atoms with Crippen molar-refractivity contribution in [3.05, 3.63) is 89.4 Å². The number of Topliss-reactive ketones (excluding diaryl/α,β-unsaturated/α-hetero) is 1. The van der Waals surface area contributed by atoms with Crippen LogP contribution in [0.2, 0.25) is 0 Å². The topological polar surface area (TPSA) is 121 Å². The second-order valence-corrected chi connectivity index (χ2v) is 9.50. The first-order valence-corrected chi connectivity index (χ1v) is 12.7. The number of amides is 1. The number of para-hydroxylation sites is 2. The zero-order valence-corrected chi connectivity index (χ0v) is 21.7. The zero-order chi connectivity index (χ0) is 27.5. The SMILES string of the molecule is COc1ccc([C@H]2CC(=O)C3=C(C2)Nc2ccccc2N(C(=O)CCC(=O)[O-])[C@@H]3c2cccnc2)cc1OC. The molecule has 1 aliphatic carbocycles. The minimum atomic E-state index is -1.31. The number of carboxylic acids is 1. The summed E-state index contributed by atoms with van der Waals surface area (Å²) in [5.41, 5.74) is 3.98. The van der Waals surface area contributed by atoms with Crippen molar-refractivity contribution in [1.82, 2.24) is 4.98 Å². The lowest BCUT2D eigenvalue weighted by Crippen LogP contribution is -2.39. The van der Waals surface area contributed by atoms with Crippen molar-refractivity contribution in [3.63, 3.8) is 0 Å². The fourth-order valence-corrected chi connectivity index (χ4v) is 5.39. The Morgan fingerprint density at radius 3 is 2.51 bits per heavy atom. The zero-order valence-electron chi connectivity index (χ0n) is 21.7. The Bertz CT molecular complexity index is 1450. The van der Waals surface area contributed by atoms with E-state index in [0.717, 1.165) is 5.56 Å². The van der Waals surface area contributed by atoms with Gasteiger partial charge in [0.2, 0.25) is 5.91 Å². The van der Waals surface area contributed by atoms with Crippen LogP contribution in [0.15, 0.2) is 78.3 Å². The Balaban J connectivity index is 1.64. The molecule has 0 saturated carbocycles. The molecule has 0 spiro atoms. The number of allylic oxidation sites excluding steroid dienone is 1. The summed E-state index contributed by atoms with van der Waals surface area (Å²) in [7, 11) is 3.15. The molecule has 1 N–H and O–H groups in total. The van der Waals surface area contributed by atoms with Crippen LogP contribution in [0.1, 0.15) is 48.8 Å². The number of methoxy groups -OCH3 is 2. The molecule has 39 heavy (non-hydrogen) atoms. The van der Waals surface area contributed by atoms with Gasteiger partial charge in [0.1, 0.15) is 0 Å². The number of benzene rings is 2. The van der Waals surface area contributed by atoms with E-state index < -0.39 is 24.3 Å². The number of hydrogen-bond acceptors (Lipinski definition) is 8. The van der Waals surface area contributed by atoms with E-state index in [4.69, 9.17) is 9.47 Å². The highest BCUT2D eigenvalue weighted by Gasteiger charge is 2.41. The van der Waals surface area contributed by atoms with Crippen molar-refractivity contribution in [1.29, 1.82) is 0 Å². The number of aliphatic carboxylic acids is 1. The molecule has 0 fully saturated rings. The third kappa shape index (κ3) is 5.07. The summed E-state index contributed by atoms with van der Waals surface area (Å²) in [6.07, 6.45) is 3.31. The molecule has 1 aliphatic heterocycles. The molecular weight excluding hydrogens is 498 g/mol. The monoisotopic (exact) mass is 526 g/mol. The Hall–Kier alpha value is -4.66. The molecule has 2 aliphatic rings. The highest BCUT2D eigenvalue weighted by Crippen LogP contribution is 2.48. The maximum absolute atomic E-state index is 14.0. The van der Waals surface area contributed by atoms with Gasteiger partial charge in [-0.05, 0) is 60.2 Å². The Morgan fingerprint density at radius 2 is 1.79 bits per heavy atom. The van der Waals surface area contributed by atoms with Crippen molar-refractivity contribution in [2.24, 2.45) is 0 Å². The highest BCUT2D eigenvalue weighted by atomic mass is 16.5.